The van der Waals surface area contributed by atoms with Crippen LogP contribution in [-0.4, -0.2) is 16.8 Å². The summed E-state index contributed by atoms with van der Waals surface area (Å²) < 4.78 is 9.06. The molecule has 1 aromatic carbocycles. The van der Waals surface area contributed by atoms with Gasteiger partial charge in [0.15, 0.2) is 0 Å². The van der Waals surface area contributed by atoms with Crippen molar-refractivity contribution < 1.29 is 0 Å². The zero-order valence-electron chi connectivity index (χ0n) is 13.9. The lowest BCUT2D eigenvalue weighted by Crippen LogP contribution is -2.48. The number of rotatable bonds is 1. The van der Waals surface area contributed by atoms with Crippen molar-refractivity contribution in [3.05, 3.63) is 34.7 Å². The summed E-state index contributed by atoms with van der Waals surface area (Å²) in [6, 6.07) is 9.26. The van der Waals surface area contributed by atoms with E-state index in [9.17, 15) is 0 Å². The quantitative estimate of drug-likeness (QED) is 0.436. The zero-order chi connectivity index (χ0) is 16.6. The minimum Gasteiger partial charge on any atom is -0.173 e. The lowest BCUT2D eigenvalue weighted by molar-refractivity contribution is 1.48. The van der Waals surface area contributed by atoms with Gasteiger partial charge in [-0.2, -0.15) is 8.75 Å². The van der Waals surface area contributed by atoms with Gasteiger partial charge >= 0.3 is 0 Å². The Morgan fingerprint density at radius 1 is 0.875 bits per heavy atom. The van der Waals surface area contributed by atoms with Crippen LogP contribution >= 0.6 is 34.4 Å². The summed E-state index contributed by atoms with van der Waals surface area (Å²) in [5.41, 5.74) is 4.55. The predicted molar refractivity (Wildman–Crippen MR) is 110 cm³/mol. The number of thiophene rings is 2. The summed E-state index contributed by atoms with van der Waals surface area (Å²) in [7, 11) is -1.55. The van der Waals surface area contributed by atoms with Crippen molar-refractivity contribution >= 4 is 63.9 Å². The molecule has 4 heterocycles. The number of fused-ring (bicyclic) bond motifs is 4. The van der Waals surface area contributed by atoms with Crippen LogP contribution in [0.3, 0.4) is 0 Å². The molecular weight excluding hydrogens is 368 g/mol. The molecule has 4 aromatic rings. The third-order valence-corrected chi connectivity index (χ3v) is 11.8. The van der Waals surface area contributed by atoms with Crippen LogP contribution < -0.4 is 10.4 Å². The van der Waals surface area contributed by atoms with Gasteiger partial charge in [-0.15, -0.1) is 22.7 Å². The van der Waals surface area contributed by atoms with Gasteiger partial charge in [0.2, 0.25) is 0 Å². The zero-order valence-corrected chi connectivity index (χ0v) is 17.4. The second-order valence-electron chi connectivity index (χ2n) is 6.97. The third-order valence-electron chi connectivity index (χ3n) is 5.02. The van der Waals surface area contributed by atoms with E-state index in [-0.39, 0.29) is 0 Å². The molecule has 0 amide bonds. The van der Waals surface area contributed by atoms with E-state index in [1.54, 1.807) is 10.4 Å². The fraction of sp³-hybridized carbons (Fsp3) is 0.222. The second kappa shape index (κ2) is 4.85. The SMILES string of the molecule is Cc1cc2c(s1)-c1sc(-c3ccc(C)c4nsnc34)cc1[Si]2(C)C. The summed E-state index contributed by atoms with van der Waals surface area (Å²) in [4.78, 5) is 5.81. The first-order valence-electron chi connectivity index (χ1n) is 7.94. The van der Waals surface area contributed by atoms with E-state index in [4.69, 9.17) is 0 Å². The van der Waals surface area contributed by atoms with Crippen LogP contribution in [0, 0.1) is 13.8 Å². The van der Waals surface area contributed by atoms with E-state index >= 15 is 0 Å². The smallest absolute Gasteiger partial charge is 0.116 e. The highest BCUT2D eigenvalue weighted by molar-refractivity contribution is 7.30. The first-order chi connectivity index (χ1) is 11.5. The molecule has 6 heteroatoms. The van der Waals surface area contributed by atoms with Crippen molar-refractivity contribution in [2.24, 2.45) is 0 Å². The molecule has 1 aliphatic heterocycles. The maximum atomic E-state index is 4.57. The van der Waals surface area contributed by atoms with Gasteiger partial charge < -0.3 is 0 Å². The maximum absolute atomic E-state index is 4.57. The highest BCUT2D eigenvalue weighted by Crippen LogP contribution is 2.43. The molecule has 5 rings (SSSR count). The molecule has 3 aromatic heterocycles. The molecular formula is C18H16N2S3Si. The number of benzene rings is 1. The Morgan fingerprint density at radius 3 is 2.42 bits per heavy atom. The van der Waals surface area contributed by atoms with Crippen LogP contribution in [0.15, 0.2) is 24.3 Å². The number of nitrogens with zero attached hydrogens (tertiary/aromatic N) is 2. The minimum atomic E-state index is -1.55. The molecule has 0 unspecified atom stereocenters. The van der Waals surface area contributed by atoms with Crippen LogP contribution in [0.4, 0.5) is 0 Å². The fourth-order valence-electron chi connectivity index (χ4n) is 3.64. The number of hydrogen-bond acceptors (Lipinski definition) is 5. The number of aromatic nitrogens is 2. The number of aryl methyl sites for hydroxylation is 2. The average Bonchev–Trinajstić information content (AvgIpc) is 3.25. The molecule has 0 bridgehead atoms. The summed E-state index contributed by atoms with van der Waals surface area (Å²) in [5, 5.41) is 3.22. The van der Waals surface area contributed by atoms with Gasteiger partial charge in [-0.25, -0.2) is 0 Å². The molecule has 0 aliphatic carbocycles. The van der Waals surface area contributed by atoms with Gasteiger partial charge in [0.25, 0.3) is 0 Å². The van der Waals surface area contributed by atoms with Gasteiger partial charge in [0, 0.05) is 25.1 Å². The monoisotopic (exact) mass is 384 g/mol. The first-order valence-corrected chi connectivity index (χ1v) is 13.3. The van der Waals surface area contributed by atoms with Crippen LogP contribution in [0.2, 0.25) is 13.1 Å². The van der Waals surface area contributed by atoms with Crippen molar-refractivity contribution in [2.75, 3.05) is 0 Å². The van der Waals surface area contributed by atoms with Gasteiger partial charge in [0.05, 0.1) is 11.7 Å². The van der Waals surface area contributed by atoms with Crippen LogP contribution in [0.5, 0.6) is 0 Å². The molecule has 0 N–H and O–H groups in total. The van der Waals surface area contributed by atoms with Crippen LogP contribution in [0.25, 0.3) is 31.2 Å². The Morgan fingerprint density at radius 2 is 1.58 bits per heavy atom. The lowest BCUT2D eigenvalue weighted by Gasteiger charge is -2.16. The van der Waals surface area contributed by atoms with Crippen molar-refractivity contribution in [1.82, 2.24) is 8.75 Å². The molecule has 24 heavy (non-hydrogen) atoms. The average molecular weight is 385 g/mol. The molecule has 0 radical (unpaired) electrons. The highest BCUT2D eigenvalue weighted by atomic mass is 32.1. The van der Waals surface area contributed by atoms with Crippen molar-refractivity contribution in [1.29, 1.82) is 0 Å². The topological polar surface area (TPSA) is 25.8 Å². The molecule has 0 saturated carbocycles. The van der Waals surface area contributed by atoms with Gasteiger partial charge in [-0.1, -0.05) is 25.2 Å². The predicted octanol–water partition coefficient (Wildman–Crippen LogP) is 4.90. The molecule has 1 aliphatic rings. The Bertz CT molecular complexity index is 1120. The third kappa shape index (κ3) is 1.85. The molecule has 0 atom stereocenters. The van der Waals surface area contributed by atoms with Crippen LogP contribution in [-0.2, 0) is 0 Å². The Hall–Kier alpha value is -1.34. The summed E-state index contributed by atoms with van der Waals surface area (Å²) in [6.07, 6.45) is 0. The van der Waals surface area contributed by atoms with Gasteiger partial charge in [-0.3, -0.25) is 0 Å². The summed E-state index contributed by atoms with van der Waals surface area (Å²) in [6.45, 7) is 9.30. The van der Waals surface area contributed by atoms with E-state index in [1.807, 2.05) is 22.7 Å². The first kappa shape index (κ1) is 15.0. The fourth-order valence-corrected chi connectivity index (χ4v) is 11.4. The molecule has 2 nitrogen and oxygen atoms in total. The maximum Gasteiger partial charge on any atom is 0.116 e. The normalized spacial score (nSPS) is 15.0. The van der Waals surface area contributed by atoms with Crippen LogP contribution in [0.1, 0.15) is 10.4 Å². The molecule has 0 spiro atoms. The Balaban J connectivity index is 1.77. The van der Waals surface area contributed by atoms with Crippen molar-refractivity contribution in [2.45, 2.75) is 26.9 Å². The van der Waals surface area contributed by atoms with E-state index in [0.717, 1.165) is 11.0 Å². The van der Waals surface area contributed by atoms with E-state index in [1.165, 1.54) is 42.4 Å². The summed E-state index contributed by atoms with van der Waals surface area (Å²) in [5.74, 6) is 0. The minimum absolute atomic E-state index is 1.05. The number of hydrogen-bond donors (Lipinski definition) is 0. The van der Waals surface area contributed by atoms with Crippen molar-refractivity contribution in [3.63, 3.8) is 0 Å². The Labute approximate surface area is 154 Å². The highest BCUT2D eigenvalue weighted by Gasteiger charge is 2.40. The van der Waals surface area contributed by atoms with Crippen molar-refractivity contribution in [3.8, 4) is 20.2 Å². The molecule has 120 valence electrons. The summed E-state index contributed by atoms with van der Waals surface area (Å²) >= 11 is 5.21. The van der Waals surface area contributed by atoms with E-state index in [0.29, 0.717) is 0 Å². The molecule has 0 fully saturated rings. The van der Waals surface area contributed by atoms with E-state index < -0.39 is 8.07 Å². The van der Waals surface area contributed by atoms with Gasteiger partial charge in [0.1, 0.15) is 19.1 Å². The standard InChI is InChI=1S/C18H16N2S3Si/c1-9-5-6-11(16-15(9)19-23-20-16)12-8-14-18(22-12)17-13(24(14,3)4)7-10(2)21-17/h5-8H,1-4H3. The molecule has 0 saturated heterocycles. The lowest BCUT2D eigenvalue weighted by atomic mass is 10.1. The second-order valence-corrected chi connectivity index (χ2v) is 14.1. The largest absolute Gasteiger partial charge is 0.173 e. The van der Waals surface area contributed by atoms with Gasteiger partial charge in [-0.05, 0) is 41.9 Å². The Kier molecular flexibility index (Phi) is 3.02. The van der Waals surface area contributed by atoms with E-state index in [2.05, 4.69) is 60.0 Å².